The number of hydrogen-bond acceptors (Lipinski definition) is 5. The molecule has 0 aliphatic carbocycles. The monoisotopic (exact) mass is 192 g/mol. The van der Waals surface area contributed by atoms with E-state index in [0.29, 0.717) is 17.3 Å². The van der Waals surface area contributed by atoms with E-state index < -0.39 is 0 Å². The number of nitrogens with zero attached hydrogens (tertiary/aromatic N) is 1. The molecule has 0 bridgehead atoms. The largest absolute Gasteiger partial charge is 0.455 e. The van der Waals surface area contributed by atoms with E-state index >= 15 is 0 Å². The molecule has 0 fully saturated rings. The lowest BCUT2D eigenvalue weighted by molar-refractivity contribution is 0.457. The van der Waals surface area contributed by atoms with Crippen LogP contribution in [0, 0.1) is 5.41 Å². The Kier molecular flexibility index (Phi) is 3.06. The Morgan fingerprint density at radius 1 is 1.79 bits per heavy atom. The highest BCUT2D eigenvalue weighted by Crippen LogP contribution is 2.21. The van der Waals surface area contributed by atoms with Crippen LogP contribution in [0.3, 0.4) is 0 Å². The minimum absolute atomic E-state index is 0.249. The van der Waals surface area contributed by atoms with Crippen molar-refractivity contribution in [1.29, 1.82) is 5.41 Å². The SMILES string of the molecule is C=C(C=N)Oc1cnc(N)c(NC)c1. The molecule has 0 aromatic carbocycles. The zero-order chi connectivity index (χ0) is 10.6. The third-order valence-corrected chi connectivity index (χ3v) is 1.57. The van der Waals surface area contributed by atoms with Crippen molar-refractivity contribution in [2.45, 2.75) is 0 Å². The second-order valence-corrected chi connectivity index (χ2v) is 2.57. The molecule has 5 heteroatoms. The van der Waals surface area contributed by atoms with Gasteiger partial charge >= 0.3 is 0 Å². The van der Waals surface area contributed by atoms with Crippen LogP contribution in [0.1, 0.15) is 0 Å². The maximum absolute atomic E-state index is 6.89. The molecule has 0 aliphatic heterocycles. The van der Waals surface area contributed by atoms with Gasteiger partial charge in [0.05, 0.1) is 18.1 Å². The summed E-state index contributed by atoms with van der Waals surface area (Å²) in [6, 6.07) is 1.69. The van der Waals surface area contributed by atoms with Gasteiger partial charge in [0.25, 0.3) is 0 Å². The van der Waals surface area contributed by atoms with Gasteiger partial charge in [-0.1, -0.05) is 6.58 Å². The summed E-state index contributed by atoms with van der Waals surface area (Å²) >= 11 is 0. The first kappa shape index (κ1) is 10.0. The van der Waals surface area contributed by atoms with Gasteiger partial charge in [0, 0.05) is 13.1 Å². The molecule has 0 aliphatic rings. The Balaban J connectivity index is 2.89. The molecule has 0 radical (unpaired) electrons. The maximum atomic E-state index is 6.89. The van der Waals surface area contributed by atoms with Crippen LogP contribution in [0.15, 0.2) is 24.6 Å². The quantitative estimate of drug-likeness (QED) is 0.495. The average Bonchev–Trinajstić information content (AvgIpc) is 2.20. The van der Waals surface area contributed by atoms with Gasteiger partial charge < -0.3 is 21.2 Å². The Hall–Kier alpha value is -2.04. The van der Waals surface area contributed by atoms with Gasteiger partial charge in [-0.3, -0.25) is 0 Å². The third kappa shape index (κ3) is 2.22. The Bertz CT molecular complexity index is 362. The lowest BCUT2D eigenvalue weighted by Crippen LogP contribution is -2.00. The molecule has 74 valence electrons. The predicted molar refractivity (Wildman–Crippen MR) is 56.7 cm³/mol. The van der Waals surface area contributed by atoms with Crippen LogP contribution in [-0.2, 0) is 0 Å². The number of hydrogen-bond donors (Lipinski definition) is 3. The fourth-order valence-electron chi connectivity index (χ4n) is 0.893. The molecular weight excluding hydrogens is 180 g/mol. The fraction of sp³-hybridized carbons (Fsp3) is 0.111. The van der Waals surface area contributed by atoms with Gasteiger partial charge in [-0.2, -0.15) is 0 Å². The number of aromatic nitrogens is 1. The zero-order valence-corrected chi connectivity index (χ0v) is 7.87. The van der Waals surface area contributed by atoms with Gasteiger partial charge in [0.1, 0.15) is 17.3 Å². The van der Waals surface area contributed by atoms with Crippen LogP contribution in [-0.4, -0.2) is 18.2 Å². The van der Waals surface area contributed by atoms with Crippen LogP contribution in [0.25, 0.3) is 0 Å². The third-order valence-electron chi connectivity index (χ3n) is 1.57. The summed E-state index contributed by atoms with van der Waals surface area (Å²) in [5.74, 6) is 1.15. The van der Waals surface area contributed by atoms with Crippen molar-refractivity contribution in [2.24, 2.45) is 0 Å². The van der Waals surface area contributed by atoms with Gasteiger partial charge in [-0.25, -0.2) is 4.98 Å². The molecule has 0 amide bonds. The zero-order valence-electron chi connectivity index (χ0n) is 7.87. The minimum atomic E-state index is 0.249. The first-order valence-corrected chi connectivity index (χ1v) is 3.98. The average molecular weight is 192 g/mol. The molecule has 5 nitrogen and oxygen atoms in total. The number of nitrogens with one attached hydrogen (secondary N) is 2. The van der Waals surface area contributed by atoms with Crippen molar-refractivity contribution in [1.82, 2.24) is 4.98 Å². The highest BCUT2D eigenvalue weighted by Gasteiger charge is 2.02. The molecule has 0 atom stereocenters. The molecule has 1 aromatic rings. The number of allylic oxidation sites excluding steroid dienone is 1. The normalized spacial score (nSPS) is 9.21. The van der Waals surface area contributed by atoms with Crippen molar-refractivity contribution in [3.63, 3.8) is 0 Å². The molecule has 0 unspecified atom stereocenters. The summed E-state index contributed by atoms with van der Waals surface area (Å²) in [7, 11) is 1.74. The molecular formula is C9H12N4O. The Morgan fingerprint density at radius 2 is 2.50 bits per heavy atom. The van der Waals surface area contributed by atoms with Crippen LogP contribution in [0.5, 0.6) is 5.75 Å². The summed E-state index contributed by atoms with van der Waals surface area (Å²) in [5, 5.41) is 9.76. The van der Waals surface area contributed by atoms with E-state index in [2.05, 4.69) is 16.9 Å². The lowest BCUT2D eigenvalue weighted by atomic mass is 10.3. The smallest absolute Gasteiger partial charge is 0.147 e. The number of anilines is 2. The lowest BCUT2D eigenvalue weighted by Gasteiger charge is -2.07. The van der Waals surface area contributed by atoms with E-state index in [-0.39, 0.29) is 5.76 Å². The molecule has 0 spiro atoms. The summed E-state index contributed by atoms with van der Waals surface area (Å²) in [6.45, 7) is 3.50. The second-order valence-electron chi connectivity index (χ2n) is 2.57. The van der Waals surface area contributed by atoms with Crippen LogP contribution >= 0.6 is 0 Å². The summed E-state index contributed by atoms with van der Waals surface area (Å²) in [6.07, 6.45) is 2.50. The molecule has 0 saturated carbocycles. The molecule has 1 rings (SSSR count). The molecule has 0 saturated heterocycles. The summed E-state index contributed by atoms with van der Waals surface area (Å²) in [5.41, 5.74) is 6.25. The molecule has 1 aromatic heterocycles. The topological polar surface area (TPSA) is 84.0 Å². The van der Waals surface area contributed by atoms with Crippen LogP contribution in [0.4, 0.5) is 11.5 Å². The van der Waals surface area contributed by atoms with Crippen molar-refractivity contribution in [3.05, 3.63) is 24.6 Å². The van der Waals surface area contributed by atoms with Gasteiger partial charge in [-0.05, 0) is 0 Å². The minimum Gasteiger partial charge on any atom is -0.455 e. The first-order chi connectivity index (χ1) is 6.67. The molecule has 1 heterocycles. The first-order valence-electron chi connectivity index (χ1n) is 3.98. The van der Waals surface area contributed by atoms with E-state index in [9.17, 15) is 0 Å². The van der Waals surface area contributed by atoms with E-state index in [1.54, 1.807) is 13.1 Å². The standard InChI is InChI=1S/C9H12N4O/c1-6(4-10)14-7-3-8(12-2)9(11)13-5-7/h3-5,10,12H,1H2,2H3,(H2,11,13). The highest BCUT2D eigenvalue weighted by atomic mass is 16.5. The van der Waals surface area contributed by atoms with E-state index in [1.807, 2.05) is 0 Å². The number of nitrogen functional groups attached to an aromatic ring is 1. The molecule has 4 N–H and O–H groups in total. The van der Waals surface area contributed by atoms with Crippen LogP contribution < -0.4 is 15.8 Å². The van der Waals surface area contributed by atoms with Gasteiger partial charge in [0.15, 0.2) is 0 Å². The predicted octanol–water partition coefficient (Wildman–Crippen LogP) is 1.25. The van der Waals surface area contributed by atoms with Gasteiger partial charge in [0.2, 0.25) is 0 Å². The van der Waals surface area contributed by atoms with Crippen molar-refractivity contribution in [2.75, 3.05) is 18.1 Å². The van der Waals surface area contributed by atoms with Crippen molar-refractivity contribution in [3.8, 4) is 5.75 Å². The van der Waals surface area contributed by atoms with E-state index in [1.165, 1.54) is 6.20 Å². The summed E-state index contributed by atoms with van der Waals surface area (Å²) in [4.78, 5) is 3.91. The van der Waals surface area contributed by atoms with Crippen molar-refractivity contribution >= 4 is 17.7 Å². The number of rotatable bonds is 4. The van der Waals surface area contributed by atoms with Crippen molar-refractivity contribution < 1.29 is 4.74 Å². The van der Waals surface area contributed by atoms with Crippen LogP contribution in [0.2, 0.25) is 0 Å². The van der Waals surface area contributed by atoms with E-state index in [0.717, 1.165) is 6.21 Å². The van der Waals surface area contributed by atoms with Gasteiger partial charge in [-0.15, -0.1) is 0 Å². The fourth-order valence-corrected chi connectivity index (χ4v) is 0.893. The highest BCUT2D eigenvalue weighted by molar-refractivity contribution is 5.73. The number of pyridine rings is 1. The number of nitrogens with two attached hydrogens (primary N) is 1. The molecule has 14 heavy (non-hydrogen) atoms. The Labute approximate surface area is 82.1 Å². The summed E-state index contributed by atoms with van der Waals surface area (Å²) < 4.78 is 5.17. The number of ether oxygens (including phenoxy) is 1. The Morgan fingerprint density at radius 3 is 3.07 bits per heavy atom. The second kappa shape index (κ2) is 4.27. The maximum Gasteiger partial charge on any atom is 0.147 e. The van der Waals surface area contributed by atoms with E-state index in [4.69, 9.17) is 15.9 Å².